The number of halogens is 5. The Morgan fingerprint density at radius 3 is 2.25 bits per heavy atom. The van der Waals surface area contributed by atoms with Crippen LogP contribution in [0.5, 0.6) is 0 Å². The molecule has 1 aromatic carbocycles. The maximum atomic E-state index is 13.1. The third-order valence-corrected chi connectivity index (χ3v) is 4.02. The number of aliphatic carboxylic acids is 1. The zero-order valence-corrected chi connectivity index (χ0v) is 15.2. The summed E-state index contributed by atoms with van der Waals surface area (Å²) in [5.41, 5.74) is 0.545. The summed E-state index contributed by atoms with van der Waals surface area (Å²) in [5.74, 6) is -4.53. The van der Waals surface area contributed by atoms with Crippen LogP contribution in [0.2, 0.25) is 0 Å². The number of nitrogens with zero attached hydrogens (tertiary/aromatic N) is 1. The number of carbonyl (C=O) groups is 2. The molecule has 3 N–H and O–H groups in total. The highest BCUT2D eigenvalue weighted by molar-refractivity contribution is 5.74. The van der Waals surface area contributed by atoms with Crippen LogP contribution >= 0.6 is 0 Å². The highest BCUT2D eigenvalue weighted by atomic mass is 19.4. The van der Waals surface area contributed by atoms with Crippen LogP contribution in [-0.4, -0.2) is 53.9 Å². The zero-order valence-electron chi connectivity index (χ0n) is 15.2. The van der Waals surface area contributed by atoms with E-state index in [1.54, 1.807) is 4.90 Å². The Bertz CT molecular complexity index is 664. The molecule has 0 saturated carbocycles. The average Bonchev–Trinajstić information content (AvgIpc) is 2.64. The largest absolute Gasteiger partial charge is 0.490 e. The lowest BCUT2D eigenvalue weighted by Crippen LogP contribution is -2.49. The van der Waals surface area contributed by atoms with Crippen molar-refractivity contribution in [3.05, 3.63) is 35.4 Å². The van der Waals surface area contributed by atoms with Crippen molar-refractivity contribution in [1.29, 1.82) is 0 Å². The maximum absolute atomic E-state index is 13.1. The zero-order chi connectivity index (χ0) is 21.3. The molecule has 1 saturated heterocycles. The van der Waals surface area contributed by atoms with E-state index in [4.69, 9.17) is 9.90 Å². The Morgan fingerprint density at radius 1 is 1.21 bits per heavy atom. The van der Waals surface area contributed by atoms with Gasteiger partial charge in [-0.15, -0.1) is 0 Å². The van der Waals surface area contributed by atoms with E-state index < -0.39 is 23.8 Å². The van der Waals surface area contributed by atoms with Crippen molar-refractivity contribution in [1.82, 2.24) is 15.5 Å². The number of amides is 2. The van der Waals surface area contributed by atoms with Gasteiger partial charge in [-0.25, -0.2) is 18.4 Å². The molecular weight excluding hydrogens is 389 g/mol. The number of piperidine rings is 1. The molecular formula is C17H22F5N3O3. The van der Waals surface area contributed by atoms with Gasteiger partial charge in [0.2, 0.25) is 0 Å². The third-order valence-electron chi connectivity index (χ3n) is 4.02. The first kappa shape index (κ1) is 23.6. The third kappa shape index (κ3) is 7.67. The molecule has 1 aliphatic rings. The van der Waals surface area contributed by atoms with Crippen LogP contribution in [0.3, 0.4) is 0 Å². The molecule has 0 aliphatic carbocycles. The van der Waals surface area contributed by atoms with Crippen molar-refractivity contribution < 1.29 is 36.6 Å². The van der Waals surface area contributed by atoms with Gasteiger partial charge in [-0.3, -0.25) is 0 Å². The summed E-state index contributed by atoms with van der Waals surface area (Å²) in [7, 11) is 0. The van der Waals surface area contributed by atoms with Crippen molar-refractivity contribution in [3.8, 4) is 0 Å². The monoisotopic (exact) mass is 411 g/mol. The minimum absolute atomic E-state index is 0.158. The van der Waals surface area contributed by atoms with E-state index in [-0.39, 0.29) is 18.6 Å². The topological polar surface area (TPSA) is 81.7 Å². The molecule has 0 radical (unpaired) electrons. The fourth-order valence-corrected chi connectivity index (χ4v) is 2.61. The summed E-state index contributed by atoms with van der Waals surface area (Å²) in [4.78, 5) is 22.9. The van der Waals surface area contributed by atoms with Crippen LogP contribution in [0.1, 0.15) is 25.3 Å². The molecule has 2 rings (SSSR count). The number of benzene rings is 1. The number of carboxylic acid groups (broad SMARTS) is 1. The maximum Gasteiger partial charge on any atom is 0.490 e. The van der Waals surface area contributed by atoms with Crippen LogP contribution in [0.15, 0.2) is 18.2 Å². The van der Waals surface area contributed by atoms with Crippen molar-refractivity contribution in [3.63, 3.8) is 0 Å². The number of hydrogen-bond donors (Lipinski definition) is 3. The number of carbonyl (C=O) groups excluding carboxylic acids is 1. The van der Waals surface area contributed by atoms with Gasteiger partial charge in [0.05, 0.1) is 0 Å². The molecule has 1 heterocycles. The molecule has 0 aromatic heterocycles. The van der Waals surface area contributed by atoms with Gasteiger partial charge in [-0.2, -0.15) is 13.2 Å². The van der Waals surface area contributed by atoms with Gasteiger partial charge in [0.15, 0.2) is 11.6 Å². The second-order valence-corrected chi connectivity index (χ2v) is 5.98. The van der Waals surface area contributed by atoms with E-state index in [0.29, 0.717) is 12.1 Å². The summed E-state index contributed by atoms with van der Waals surface area (Å²) in [5, 5.41) is 13.2. The fourth-order valence-electron chi connectivity index (χ4n) is 2.61. The number of nitrogens with one attached hydrogen (secondary N) is 2. The Morgan fingerprint density at radius 2 is 1.79 bits per heavy atom. The first-order chi connectivity index (χ1) is 13.1. The van der Waals surface area contributed by atoms with Gasteiger partial charge >= 0.3 is 18.2 Å². The van der Waals surface area contributed by atoms with Crippen molar-refractivity contribution in [2.75, 3.05) is 19.6 Å². The lowest BCUT2D eigenvalue weighted by atomic mass is 10.1. The molecule has 1 aromatic rings. The van der Waals surface area contributed by atoms with E-state index in [2.05, 4.69) is 10.6 Å². The molecule has 0 bridgehead atoms. The first-order valence-electron chi connectivity index (χ1n) is 8.55. The van der Waals surface area contributed by atoms with E-state index in [9.17, 15) is 26.7 Å². The molecule has 0 spiro atoms. The molecule has 2 amide bonds. The Kier molecular flexibility index (Phi) is 9.10. The Hall–Kier alpha value is -2.43. The van der Waals surface area contributed by atoms with Crippen LogP contribution in [0, 0.1) is 11.6 Å². The van der Waals surface area contributed by atoms with Gasteiger partial charge in [-0.05, 0) is 50.6 Å². The summed E-state index contributed by atoms with van der Waals surface area (Å²) in [6.07, 6.45) is -3.21. The molecule has 6 nitrogen and oxygen atoms in total. The first-order valence-corrected chi connectivity index (χ1v) is 8.55. The standard InChI is InChI=1S/C15H21F2N3O.C2HF3O2/c1-2-20(12-5-7-18-8-6-12)15(21)19-10-11-3-4-13(16)14(17)9-11;3-2(4,5)1(6)7/h3-4,9,12,18H,2,5-8,10H2,1H3,(H,19,21);(H,6,7). The number of alkyl halides is 3. The van der Waals surface area contributed by atoms with Gasteiger partial charge < -0.3 is 20.6 Å². The number of hydrogen-bond acceptors (Lipinski definition) is 3. The van der Waals surface area contributed by atoms with Gasteiger partial charge in [0.1, 0.15) is 0 Å². The van der Waals surface area contributed by atoms with Gasteiger partial charge in [0.25, 0.3) is 0 Å². The van der Waals surface area contributed by atoms with Gasteiger partial charge in [0, 0.05) is 19.1 Å². The summed E-state index contributed by atoms with van der Waals surface area (Å²) < 4.78 is 57.7. The van der Waals surface area contributed by atoms with E-state index >= 15 is 0 Å². The summed E-state index contributed by atoms with van der Waals surface area (Å²) in [6, 6.07) is 3.73. The Labute approximate surface area is 158 Å². The quantitative estimate of drug-likeness (QED) is 0.666. The van der Waals surface area contributed by atoms with E-state index in [1.807, 2.05) is 6.92 Å². The number of carboxylic acids is 1. The van der Waals surface area contributed by atoms with Gasteiger partial charge in [-0.1, -0.05) is 6.07 Å². The molecule has 0 unspecified atom stereocenters. The van der Waals surface area contributed by atoms with Crippen LogP contribution in [0.4, 0.5) is 26.7 Å². The average molecular weight is 411 g/mol. The normalized spacial score (nSPS) is 14.6. The SMILES string of the molecule is CCN(C(=O)NCc1ccc(F)c(F)c1)C1CCNCC1.O=C(O)C(F)(F)F. The smallest absolute Gasteiger partial charge is 0.475 e. The predicted octanol–water partition coefficient (Wildman–Crippen LogP) is 2.88. The lowest BCUT2D eigenvalue weighted by molar-refractivity contribution is -0.192. The van der Waals surface area contributed by atoms with Crippen molar-refractivity contribution >= 4 is 12.0 Å². The van der Waals surface area contributed by atoms with Crippen LogP contribution in [0.25, 0.3) is 0 Å². The number of rotatable bonds is 4. The minimum Gasteiger partial charge on any atom is -0.475 e. The summed E-state index contributed by atoms with van der Waals surface area (Å²) in [6.45, 7) is 4.60. The number of urea groups is 1. The fraction of sp³-hybridized carbons (Fsp3) is 0.529. The lowest BCUT2D eigenvalue weighted by Gasteiger charge is -2.33. The summed E-state index contributed by atoms with van der Waals surface area (Å²) >= 11 is 0. The molecule has 28 heavy (non-hydrogen) atoms. The highest BCUT2D eigenvalue weighted by Gasteiger charge is 2.38. The van der Waals surface area contributed by atoms with E-state index in [1.165, 1.54) is 6.07 Å². The Balaban J connectivity index is 0.000000480. The molecule has 0 atom stereocenters. The van der Waals surface area contributed by atoms with Crippen molar-refractivity contribution in [2.24, 2.45) is 0 Å². The molecule has 1 fully saturated rings. The molecule has 11 heteroatoms. The van der Waals surface area contributed by atoms with Crippen LogP contribution in [-0.2, 0) is 11.3 Å². The molecule has 1 aliphatic heterocycles. The second-order valence-electron chi connectivity index (χ2n) is 5.98. The van der Waals surface area contributed by atoms with Crippen LogP contribution < -0.4 is 10.6 Å². The minimum atomic E-state index is -5.08. The van der Waals surface area contributed by atoms with Crippen molar-refractivity contribution in [2.45, 2.75) is 38.5 Å². The predicted molar refractivity (Wildman–Crippen MR) is 90.6 cm³/mol. The molecule has 158 valence electrons. The van der Waals surface area contributed by atoms with E-state index in [0.717, 1.165) is 38.1 Å². The highest BCUT2D eigenvalue weighted by Crippen LogP contribution is 2.14. The second kappa shape index (κ2) is 10.8.